The molecule has 0 saturated carbocycles. The van der Waals surface area contributed by atoms with Gasteiger partial charge in [0.25, 0.3) is 6.20 Å². The molecule has 16 heavy (non-hydrogen) atoms. The Balaban J connectivity index is 2.48. The van der Waals surface area contributed by atoms with Gasteiger partial charge in [0, 0.05) is 12.1 Å². The topological polar surface area (TPSA) is 49.9 Å². The summed E-state index contributed by atoms with van der Waals surface area (Å²) >= 11 is 0. The summed E-state index contributed by atoms with van der Waals surface area (Å²) in [6, 6.07) is 4.52. The molecule has 0 amide bonds. The van der Waals surface area contributed by atoms with Crippen molar-refractivity contribution in [2.24, 2.45) is 0 Å². The lowest BCUT2D eigenvalue weighted by Gasteiger charge is -2.04. The normalized spacial score (nSPS) is 11.7. The van der Waals surface area contributed by atoms with E-state index in [4.69, 9.17) is 0 Å². The lowest BCUT2D eigenvalue weighted by atomic mass is 10.2. The van der Waals surface area contributed by atoms with Gasteiger partial charge in [0.05, 0.1) is 5.56 Å². The molecule has 0 aliphatic rings. The van der Waals surface area contributed by atoms with Crippen LogP contribution in [-0.2, 0) is 6.18 Å². The van der Waals surface area contributed by atoms with Crippen molar-refractivity contribution in [2.45, 2.75) is 6.18 Å². The second-order valence-electron chi connectivity index (χ2n) is 3.06. The minimum absolute atomic E-state index is 0.167. The van der Waals surface area contributed by atoms with E-state index in [9.17, 15) is 18.0 Å². The van der Waals surface area contributed by atoms with E-state index in [1.807, 2.05) is 0 Å². The van der Waals surface area contributed by atoms with Gasteiger partial charge in [0.1, 0.15) is 0 Å². The molecule has 0 fully saturated rings. The van der Waals surface area contributed by atoms with Crippen LogP contribution in [0.1, 0.15) is 5.56 Å². The predicted molar refractivity (Wildman–Crippen MR) is 45.9 cm³/mol. The molecule has 84 valence electrons. The number of nitrogens with zero attached hydrogens (tertiary/aromatic N) is 1. The maximum atomic E-state index is 12.4. The Labute approximate surface area is 86.9 Å². The van der Waals surface area contributed by atoms with Gasteiger partial charge in [-0.25, -0.2) is 4.79 Å². The number of rotatable bonds is 1. The largest absolute Gasteiger partial charge is 0.427 e. The van der Waals surface area contributed by atoms with Gasteiger partial charge < -0.3 is 0 Å². The Hall–Kier alpha value is -2.05. The van der Waals surface area contributed by atoms with E-state index in [0.717, 1.165) is 23.0 Å². The molecule has 2 aromatic rings. The molecule has 0 aliphatic carbocycles. The summed E-state index contributed by atoms with van der Waals surface area (Å²) < 4.78 is 42.6. The van der Waals surface area contributed by atoms with Crippen LogP contribution in [0.15, 0.2) is 39.8 Å². The number of benzene rings is 1. The maximum Gasteiger partial charge on any atom is 0.427 e. The molecule has 7 heteroatoms. The zero-order valence-electron chi connectivity index (χ0n) is 7.78. The quantitative estimate of drug-likeness (QED) is 0.751. The van der Waals surface area contributed by atoms with Crippen LogP contribution in [0.4, 0.5) is 13.2 Å². The molecule has 1 heterocycles. The van der Waals surface area contributed by atoms with Crippen LogP contribution in [0, 0.1) is 0 Å². The summed E-state index contributed by atoms with van der Waals surface area (Å²) in [4.78, 5) is 10.7. The van der Waals surface area contributed by atoms with Gasteiger partial charge in [-0.1, -0.05) is 6.07 Å². The molecule has 0 atom stereocenters. The maximum absolute atomic E-state index is 12.4. The van der Waals surface area contributed by atoms with Crippen molar-refractivity contribution in [1.29, 1.82) is 0 Å². The number of nitrogens with one attached hydrogen (secondary N) is 1. The predicted octanol–water partition coefficient (Wildman–Crippen LogP) is 1.26. The summed E-state index contributed by atoms with van der Waals surface area (Å²) in [6.07, 6.45) is -3.41. The highest BCUT2D eigenvalue weighted by molar-refractivity contribution is 5.29. The minimum atomic E-state index is -4.42. The lowest BCUT2D eigenvalue weighted by Crippen LogP contribution is -2.32. The van der Waals surface area contributed by atoms with Crippen molar-refractivity contribution >= 4 is 0 Å². The van der Waals surface area contributed by atoms with Crippen molar-refractivity contribution in [1.82, 2.24) is 5.27 Å². The Morgan fingerprint density at radius 1 is 1.31 bits per heavy atom. The van der Waals surface area contributed by atoms with E-state index < -0.39 is 17.4 Å². The highest BCUT2D eigenvalue weighted by atomic mass is 19.4. The third kappa shape index (κ3) is 1.97. The molecule has 1 N–H and O–H groups in total. The minimum Gasteiger partial charge on any atom is -0.283 e. The first-order chi connectivity index (χ1) is 7.47. The summed E-state index contributed by atoms with van der Waals surface area (Å²) in [7, 11) is 0. The van der Waals surface area contributed by atoms with Crippen molar-refractivity contribution in [3.8, 4) is 5.69 Å². The number of hydrogen-bond donors (Lipinski definition) is 1. The van der Waals surface area contributed by atoms with Gasteiger partial charge >= 0.3 is 11.8 Å². The second kappa shape index (κ2) is 3.51. The number of alkyl halides is 3. The number of hydrogen-bond acceptors (Lipinski definition) is 2. The fraction of sp³-hybridized carbons (Fsp3) is 0.111. The Kier molecular flexibility index (Phi) is 2.30. The Morgan fingerprint density at radius 2 is 2.06 bits per heavy atom. The van der Waals surface area contributed by atoms with Crippen LogP contribution in [0.2, 0.25) is 0 Å². The van der Waals surface area contributed by atoms with Gasteiger partial charge in [-0.05, 0) is 16.0 Å². The summed E-state index contributed by atoms with van der Waals surface area (Å²) in [5.74, 6) is 0. The molecule has 1 aromatic carbocycles. The van der Waals surface area contributed by atoms with E-state index in [2.05, 4.69) is 9.79 Å². The third-order valence-corrected chi connectivity index (χ3v) is 1.93. The van der Waals surface area contributed by atoms with Crippen LogP contribution < -0.4 is 10.3 Å². The summed E-state index contributed by atoms with van der Waals surface area (Å²) in [6.45, 7) is 0. The van der Waals surface area contributed by atoms with E-state index in [1.165, 1.54) is 12.1 Å². The fourth-order valence-corrected chi connectivity index (χ4v) is 1.21. The smallest absolute Gasteiger partial charge is 0.283 e. The van der Waals surface area contributed by atoms with Crippen molar-refractivity contribution in [3.63, 3.8) is 0 Å². The number of aromatic nitrogens is 2. The van der Waals surface area contributed by atoms with Crippen molar-refractivity contribution < 1.29 is 22.4 Å². The van der Waals surface area contributed by atoms with Crippen molar-refractivity contribution in [2.75, 3.05) is 0 Å². The molecule has 0 radical (unpaired) electrons. The SMILES string of the molecule is O=c1c[n+](-c2cccc(C(F)(F)F)c2)[nH]o1. The first-order valence-electron chi connectivity index (χ1n) is 4.24. The average molecular weight is 231 g/mol. The molecular weight excluding hydrogens is 225 g/mol. The molecule has 0 saturated heterocycles. The Morgan fingerprint density at radius 3 is 2.62 bits per heavy atom. The number of halogens is 3. The molecule has 2 rings (SSSR count). The average Bonchev–Trinajstić information content (AvgIpc) is 2.64. The van der Waals surface area contributed by atoms with E-state index in [0.29, 0.717) is 0 Å². The highest BCUT2D eigenvalue weighted by Gasteiger charge is 2.31. The van der Waals surface area contributed by atoms with Crippen LogP contribution >= 0.6 is 0 Å². The van der Waals surface area contributed by atoms with Crippen molar-refractivity contribution in [3.05, 3.63) is 46.4 Å². The molecule has 0 spiro atoms. The van der Waals surface area contributed by atoms with Crippen LogP contribution in [-0.4, -0.2) is 5.27 Å². The zero-order chi connectivity index (χ0) is 11.8. The molecule has 0 bridgehead atoms. The van der Waals surface area contributed by atoms with E-state index in [1.54, 1.807) is 0 Å². The molecule has 0 unspecified atom stereocenters. The molecular formula is C9H6F3N2O2+. The first-order valence-corrected chi connectivity index (χ1v) is 4.24. The monoisotopic (exact) mass is 231 g/mol. The lowest BCUT2D eigenvalue weighted by molar-refractivity contribution is -0.670. The van der Waals surface area contributed by atoms with Gasteiger partial charge in [0.15, 0.2) is 0 Å². The van der Waals surface area contributed by atoms with E-state index in [-0.39, 0.29) is 5.69 Å². The summed E-state index contributed by atoms with van der Waals surface area (Å²) in [5.41, 5.74) is -1.29. The third-order valence-electron chi connectivity index (χ3n) is 1.93. The number of aromatic amines is 1. The van der Waals surface area contributed by atoms with Gasteiger partial charge in [-0.2, -0.15) is 13.2 Å². The van der Waals surface area contributed by atoms with Gasteiger partial charge in [-0.15, -0.1) is 0 Å². The van der Waals surface area contributed by atoms with Crippen LogP contribution in [0.5, 0.6) is 0 Å². The Bertz CT molecular complexity index is 556. The van der Waals surface area contributed by atoms with E-state index >= 15 is 0 Å². The summed E-state index contributed by atoms with van der Waals surface area (Å²) in [5, 5.41) is 2.16. The van der Waals surface area contributed by atoms with Crippen LogP contribution in [0.25, 0.3) is 5.69 Å². The standard InChI is InChI=1S/C9H5F3N2O2/c10-9(11,12)6-2-1-3-7(4-6)14-5-8(15)16-13-14/h1-5H/p+1. The molecule has 1 aromatic heterocycles. The van der Waals surface area contributed by atoms with Gasteiger partial charge in [-0.3, -0.25) is 4.52 Å². The highest BCUT2D eigenvalue weighted by Crippen LogP contribution is 2.29. The van der Waals surface area contributed by atoms with Crippen LogP contribution in [0.3, 0.4) is 0 Å². The first kappa shape index (κ1) is 10.5. The fourth-order valence-electron chi connectivity index (χ4n) is 1.21. The molecule has 4 nitrogen and oxygen atoms in total. The number of H-pyrrole nitrogens is 1. The zero-order valence-corrected chi connectivity index (χ0v) is 7.78. The molecule has 0 aliphatic heterocycles. The van der Waals surface area contributed by atoms with Gasteiger partial charge in [0.2, 0.25) is 5.69 Å². The second-order valence-corrected chi connectivity index (χ2v) is 3.06.